The largest absolute Gasteiger partial charge is 0.456 e. The lowest BCUT2D eigenvalue weighted by Crippen LogP contribution is -2.23. The molecule has 0 aliphatic carbocycles. The molecule has 0 saturated heterocycles. The second-order valence-corrected chi connectivity index (χ2v) is 7.85. The minimum Gasteiger partial charge on any atom is -0.456 e. The maximum atomic E-state index is 12.7. The average Bonchev–Trinajstić information content (AvgIpc) is 2.67. The van der Waals surface area contributed by atoms with Crippen LogP contribution in [-0.2, 0) is 4.74 Å². The van der Waals surface area contributed by atoms with Gasteiger partial charge in [-0.1, -0.05) is 66.2 Å². The van der Waals surface area contributed by atoms with Crippen LogP contribution in [0.15, 0.2) is 72.8 Å². The fourth-order valence-corrected chi connectivity index (χ4v) is 2.82. The van der Waals surface area contributed by atoms with Crippen LogP contribution in [-0.4, -0.2) is 17.4 Å². The second kappa shape index (κ2) is 7.81. The number of aryl methyl sites for hydroxylation is 1. The van der Waals surface area contributed by atoms with E-state index in [1.165, 1.54) is 5.56 Å². The molecule has 0 radical (unpaired) electrons. The summed E-state index contributed by atoms with van der Waals surface area (Å²) in [5.41, 5.74) is 4.43. The summed E-state index contributed by atoms with van der Waals surface area (Å²) >= 11 is 0. The van der Waals surface area contributed by atoms with Crippen LogP contribution in [0.2, 0.25) is 0 Å². The number of hydrogen-bond acceptors (Lipinski definition) is 3. The van der Waals surface area contributed by atoms with E-state index in [2.05, 4.69) is 31.2 Å². The number of ether oxygens (including phenoxy) is 1. The Labute approximate surface area is 166 Å². The lowest BCUT2D eigenvalue weighted by atomic mass is 9.98. The van der Waals surface area contributed by atoms with Crippen LogP contribution in [0.4, 0.5) is 0 Å². The first-order chi connectivity index (χ1) is 13.2. The molecule has 0 aliphatic rings. The molecule has 0 N–H and O–H groups in total. The van der Waals surface area contributed by atoms with E-state index >= 15 is 0 Å². The number of benzene rings is 3. The smallest absolute Gasteiger partial charge is 0.338 e. The van der Waals surface area contributed by atoms with E-state index in [0.717, 1.165) is 11.1 Å². The highest BCUT2D eigenvalue weighted by atomic mass is 16.6. The molecule has 0 heterocycles. The van der Waals surface area contributed by atoms with Crippen molar-refractivity contribution in [3.8, 4) is 11.1 Å². The molecule has 3 aromatic carbocycles. The van der Waals surface area contributed by atoms with Gasteiger partial charge in [0.1, 0.15) is 5.60 Å². The Bertz CT molecular complexity index is 974. The highest BCUT2D eigenvalue weighted by Gasteiger charge is 2.18. The highest BCUT2D eigenvalue weighted by Crippen LogP contribution is 2.22. The van der Waals surface area contributed by atoms with Crippen molar-refractivity contribution in [3.63, 3.8) is 0 Å². The van der Waals surface area contributed by atoms with Gasteiger partial charge in [0.25, 0.3) is 0 Å². The highest BCUT2D eigenvalue weighted by molar-refractivity contribution is 6.09. The molecular formula is C25H24O3. The Morgan fingerprint density at radius 1 is 0.643 bits per heavy atom. The minimum absolute atomic E-state index is 0.0776. The van der Waals surface area contributed by atoms with Crippen molar-refractivity contribution in [2.45, 2.75) is 33.3 Å². The van der Waals surface area contributed by atoms with Gasteiger partial charge in [-0.2, -0.15) is 0 Å². The third-order valence-electron chi connectivity index (χ3n) is 4.31. The van der Waals surface area contributed by atoms with Crippen molar-refractivity contribution in [2.75, 3.05) is 0 Å². The summed E-state index contributed by atoms with van der Waals surface area (Å²) in [5, 5.41) is 0. The summed E-state index contributed by atoms with van der Waals surface area (Å²) in [6.07, 6.45) is 0. The number of esters is 1. The topological polar surface area (TPSA) is 43.4 Å². The van der Waals surface area contributed by atoms with Gasteiger partial charge in [0.05, 0.1) is 5.56 Å². The van der Waals surface area contributed by atoms with Gasteiger partial charge in [-0.3, -0.25) is 4.79 Å². The summed E-state index contributed by atoms with van der Waals surface area (Å²) in [6, 6.07) is 22.4. The molecule has 0 aliphatic heterocycles. The van der Waals surface area contributed by atoms with E-state index in [1.54, 1.807) is 24.3 Å². The fourth-order valence-electron chi connectivity index (χ4n) is 2.82. The van der Waals surface area contributed by atoms with Gasteiger partial charge >= 0.3 is 5.97 Å². The Morgan fingerprint density at radius 3 is 1.50 bits per heavy atom. The molecule has 0 bridgehead atoms. The number of ketones is 1. The van der Waals surface area contributed by atoms with Crippen molar-refractivity contribution in [3.05, 3.63) is 95.1 Å². The molecule has 0 saturated carbocycles. The molecule has 0 atom stereocenters. The van der Waals surface area contributed by atoms with Crippen LogP contribution in [0.5, 0.6) is 0 Å². The van der Waals surface area contributed by atoms with Gasteiger partial charge in [-0.15, -0.1) is 0 Å². The molecule has 0 amide bonds. The van der Waals surface area contributed by atoms with Crippen LogP contribution in [0, 0.1) is 6.92 Å². The third-order valence-corrected chi connectivity index (χ3v) is 4.31. The SMILES string of the molecule is Cc1ccc(-c2ccc(C(=O)c3ccc(C(=O)OC(C)(C)C)cc3)cc2)cc1. The first-order valence-corrected chi connectivity index (χ1v) is 9.28. The zero-order valence-electron chi connectivity index (χ0n) is 16.7. The number of carbonyl (C=O) groups is 2. The van der Waals surface area contributed by atoms with E-state index in [-0.39, 0.29) is 5.78 Å². The molecule has 0 spiro atoms. The number of hydrogen-bond donors (Lipinski definition) is 0. The quantitative estimate of drug-likeness (QED) is 0.426. The van der Waals surface area contributed by atoms with E-state index < -0.39 is 11.6 Å². The first kappa shape index (κ1) is 19.6. The Balaban J connectivity index is 1.75. The van der Waals surface area contributed by atoms with Gasteiger partial charge < -0.3 is 4.74 Å². The molecule has 28 heavy (non-hydrogen) atoms. The van der Waals surface area contributed by atoms with E-state index in [9.17, 15) is 9.59 Å². The maximum absolute atomic E-state index is 12.7. The second-order valence-electron chi connectivity index (χ2n) is 7.85. The van der Waals surface area contributed by atoms with Crippen LogP contribution >= 0.6 is 0 Å². The molecule has 0 aromatic heterocycles. The molecule has 3 heteroatoms. The summed E-state index contributed by atoms with van der Waals surface area (Å²) < 4.78 is 5.35. The Kier molecular flexibility index (Phi) is 5.46. The predicted octanol–water partition coefficient (Wildman–Crippen LogP) is 5.85. The summed E-state index contributed by atoms with van der Waals surface area (Å²) in [7, 11) is 0. The van der Waals surface area contributed by atoms with Gasteiger partial charge in [0.2, 0.25) is 0 Å². The predicted molar refractivity (Wildman–Crippen MR) is 112 cm³/mol. The number of carbonyl (C=O) groups excluding carboxylic acids is 2. The summed E-state index contributed by atoms with van der Waals surface area (Å²) in [6.45, 7) is 7.52. The van der Waals surface area contributed by atoms with Crippen LogP contribution in [0.3, 0.4) is 0 Å². The molecule has 3 nitrogen and oxygen atoms in total. The van der Waals surface area contributed by atoms with E-state index in [1.807, 2.05) is 45.0 Å². The molecular weight excluding hydrogens is 348 g/mol. The first-order valence-electron chi connectivity index (χ1n) is 9.28. The van der Waals surface area contributed by atoms with Crippen molar-refractivity contribution in [2.24, 2.45) is 0 Å². The standard InChI is InChI=1S/C25H24O3/c1-17-5-7-18(8-6-17)19-9-11-20(12-10-19)23(26)21-13-15-22(16-14-21)24(27)28-25(2,3)4/h5-16H,1-4H3. The maximum Gasteiger partial charge on any atom is 0.338 e. The molecule has 0 unspecified atom stereocenters. The summed E-state index contributed by atoms with van der Waals surface area (Å²) in [5.74, 6) is -0.472. The lowest BCUT2D eigenvalue weighted by Gasteiger charge is -2.19. The average molecular weight is 372 g/mol. The zero-order valence-corrected chi connectivity index (χ0v) is 16.7. The Hall–Kier alpha value is -3.20. The minimum atomic E-state index is -0.551. The molecule has 3 rings (SSSR count). The molecule has 0 fully saturated rings. The zero-order chi connectivity index (χ0) is 20.3. The van der Waals surface area contributed by atoms with Crippen molar-refractivity contribution < 1.29 is 14.3 Å². The van der Waals surface area contributed by atoms with Crippen LogP contribution in [0.1, 0.15) is 52.6 Å². The third kappa shape index (κ3) is 4.74. The van der Waals surface area contributed by atoms with Crippen LogP contribution in [0.25, 0.3) is 11.1 Å². The van der Waals surface area contributed by atoms with E-state index in [4.69, 9.17) is 4.74 Å². The Morgan fingerprint density at radius 2 is 1.04 bits per heavy atom. The van der Waals surface area contributed by atoms with Gasteiger partial charge in [-0.25, -0.2) is 4.79 Å². The molecule has 3 aromatic rings. The van der Waals surface area contributed by atoms with Crippen molar-refractivity contribution in [1.29, 1.82) is 0 Å². The van der Waals surface area contributed by atoms with Gasteiger partial charge in [0.15, 0.2) is 5.78 Å². The van der Waals surface area contributed by atoms with Gasteiger partial charge in [-0.05, 0) is 51.0 Å². The van der Waals surface area contributed by atoms with E-state index in [0.29, 0.717) is 16.7 Å². The molecule has 142 valence electrons. The van der Waals surface area contributed by atoms with Crippen molar-refractivity contribution >= 4 is 11.8 Å². The lowest BCUT2D eigenvalue weighted by molar-refractivity contribution is 0.00693. The van der Waals surface area contributed by atoms with Crippen LogP contribution < -0.4 is 0 Å². The van der Waals surface area contributed by atoms with Crippen molar-refractivity contribution in [1.82, 2.24) is 0 Å². The number of rotatable bonds is 4. The fraction of sp³-hybridized carbons (Fsp3) is 0.200. The van der Waals surface area contributed by atoms with Gasteiger partial charge in [0, 0.05) is 11.1 Å². The summed E-state index contributed by atoms with van der Waals surface area (Å²) in [4.78, 5) is 24.8. The normalized spacial score (nSPS) is 11.1. The monoisotopic (exact) mass is 372 g/mol.